The molecule has 2 atom stereocenters. The maximum atomic E-state index is 13.8. The van der Waals surface area contributed by atoms with Gasteiger partial charge >= 0.3 is 12.1 Å². The summed E-state index contributed by atoms with van der Waals surface area (Å²) in [6.45, 7) is 24.9. The van der Waals surface area contributed by atoms with Crippen molar-refractivity contribution >= 4 is 12.1 Å². The third kappa shape index (κ3) is 7.12. The number of carbonyl (C=O) groups excluding carboxylic acids is 2. The van der Waals surface area contributed by atoms with Crippen molar-refractivity contribution in [2.45, 2.75) is 161 Å². The van der Waals surface area contributed by atoms with E-state index in [1.807, 2.05) is 44.7 Å². The fourth-order valence-electron chi connectivity index (χ4n) is 11.2. The highest BCUT2D eigenvalue weighted by Gasteiger charge is 2.58. The number of nitrogens with zero attached hydrogens (tertiary/aromatic N) is 4. The number of urea groups is 2. The summed E-state index contributed by atoms with van der Waals surface area (Å²) in [6, 6.07) is -0.313. The van der Waals surface area contributed by atoms with Gasteiger partial charge in [-0.2, -0.15) is 10.1 Å². The lowest BCUT2D eigenvalue weighted by Crippen LogP contribution is -2.70. The molecule has 4 fully saturated rings. The first-order valence-corrected chi connectivity index (χ1v) is 16.8. The van der Waals surface area contributed by atoms with Crippen molar-refractivity contribution < 1.29 is 24.4 Å². The molecule has 260 valence electrons. The van der Waals surface area contributed by atoms with Crippen molar-refractivity contribution in [1.29, 1.82) is 0 Å². The number of hydrogen-bond donors (Lipinski definition) is 3. The van der Waals surface area contributed by atoms with Gasteiger partial charge in [0.15, 0.2) is 0 Å². The summed E-state index contributed by atoms with van der Waals surface area (Å²) in [5.74, 6) is 0. The van der Waals surface area contributed by atoms with Crippen LogP contribution in [-0.2, 0) is 9.68 Å². The van der Waals surface area contributed by atoms with Crippen LogP contribution in [-0.4, -0.2) is 111 Å². The molecule has 2 unspecified atom stereocenters. The van der Waals surface area contributed by atoms with Crippen LogP contribution in [0.2, 0.25) is 0 Å². The number of aliphatic hydroxyl groups is 1. The number of carbonyl (C=O) groups is 2. The molecular weight excluding hydrogens is 572 g/mol. The lowest BCUT2D eigenvalue weighted by Gasteiger charge is -2.56. The number of amides is 4. The summed E-state index contributed by atoms with van der Waals surface area (Å²) in [5, 5.41) is 22.2. The SMILES string of the molecule is CON1C(C)(C)CC(O)(NC(=O)N(C)C2CC(C)(C)CC(C)(CN3CC4(CC(C)(C)N(OC)C(C)(C)C4)NC3=O)C2)CC1(C)C. The van der Waals surface area contributed by atoms with Crippen molar-refractivity contribution in [1.82, 2.24) is 30.6 Å². The summed E-state index contributed by atoms with van der Waals surface area (Å²) in [5.41, 5.74) is -3.38. The van der Waals surface area contributed by atoms with Gasteiger partial charge in [-0.1, -0.05) is 20.8 Å². The van der Waals surface area contributed by atoms with Gasteiger partial charge in [0.25, 0.3) is 0 Å². The second kappa shape index (κ2) is 11.2. The second-order valence-corrected chi connectivity index (χ2v) is 18.8. The zero-order chi connectivity index (χ0) is 34.2. The highest BCUT2D eigenvalue weighted by Crippen LogP contribution is 2.50. The number of piperidine rings is 2. The summed E-state index contributed by atoms with van der Waals surface area (Å²) < 4.78 is 0. The Labute approximate surface area is 272 Å². The Hall–Kier alpha value is -1.66. The minimum atomic E-state index is -1.37. The van der Waals surface area contributed by atoms with Crippen LogP contribution in [0.5, 0.6) is 0 Å². The number of hydroxylamine groups is 4. The monoisotopic (exact) mass is 636 g/mol. The standard InChI is InChI=1S/C34H64N6O5/c1-27(2)15-24(37(12)25(41)36-34(43)20-30(7,8)40(45-14)31(9,10)21-34)16-32(11,17-27)22-38-23-33(35-26(38)42)18-28(3,4)39(44-13)29(5,6)19-33/h24,43H,15-23H2,1-14H3,(H,35,42)(H,36,41). The zero-order valence-corrected chi connectivity index (χ0v) is 30.8. The van der Waals surface area contributed by atoms with Crippen molar-refractivity contribution in [3.05, 3.63) is 0 Å². The van der Waals surface area contributed by atoms with Gasteiger partial charge in [-0.15, -0.1) is 0 Å². The van der Waals surface area contributed by atoms with E-state index in [1.54, 1.807) is 19.1 Å². The quantitative estimate of drug-likeness (QED) is 0.349. The molecule has 0 aromatic carbocycles. The van der Waals surface area contributed by atoms with Gasteiger partial charge in [0.05, 0.1) is 19.8 Å². The molecule has 1 spiro atoms. The molecule has 0 bridgehead atoms. The van der Waals surface area contributed by atoms with Crippen LogP contribution in [0.1, 0.15) is 121 Å². The number of nitrogens with one attached hydrogen (secondary N) is 2. The van der Waals surface area contributed by atoms with Crippen LogP contribution in [0, 0.1) is 10.8 Å². The van der Waals surface area contributed by atoms with Gasteiger partial charge in [0, 0.05) is 61.2 Å². The Balaban J connectivity index is 1.48. The van der Waals surface area contributed by atoms with Crippen LogP contribution < -0.4 is 10.6 Å². The molecule has 4 aliphatic rings. The molecular formula is C34H64N6O5. The van der Waals surface area contributed by atoms with Crippen LogP contribution in [0.3, 0.4) is 0 Å². The highest BCUT2D eigenvalue weighted by molar-refractivity contribution is 5.78. The van der Waals surface area contributed by atoms with Crippen LogP contribution >= 0.6 is 0 Å². The van der Waals surface area contributed by atoms with Gasteiger partial charge in [-0.25, -0.2) is 9.59 Å². The molecule has 0 radical (unpaired) electrons. The minimum absolute atomic E-state index is 0.00503. The van der Waals surface area contributed by atoms with Crippen LogP contribution in [0.4, 0.5) is 9.59 Å². The first kappa shape index (κ1) is 36.2. The second-order valence-electron chi connectivity index (χ2n) is 18.8. The summed E-state index contributed by atoms with van der Waals surface area (Å²) in [6.07, 6.45) is 4.86. The van der Waals surface area contributed by atoms with E-state index in [2.05, 4.69) is 64.2 Å². The molecule has 11 nitrogen and oxygen atoms in total. The third-order valence-electron chi connectivity index (χ3n) is 10.9. The molecule has 0 aromatic rings. The normalized spacial score (nSPS) is 33.1. The van der Waals surface area contributed by atoms with Gasteiger partial charge < -0.3 is 35.2 Å². The summed E-state index contributed by atoms with van der Waals surface area (Å²) in [4.78, 5) is 42.7. The molecule has 4 rings (SSSR count). The van der Waals surface area contributed by atoms with E-state index in [0.29, 0.717) is 25.9 Å². The molecule has 3 heterocycles. The Morgan fingerprint density at radius 1 is 0.844 bits per heavy atom. The molecule has 4 amide bonds. The molecule has 3 N–H and O–H groups in total. The minimum Gasteiger partial charge on any atom is -0.371 e. The first-order chi connectivity index (χ1) is 20.2. The first-order valence-electron chi connectivity index (χ1n) is 16.8. The van der Waals surface area contributed by atoms with E-state index in [-0.39, 0.29) is 45.6 Å². The average Bonchev–Trinajstić information content (AvgIpc) is 3.05. The molecule has 1 saturated carbocycles. The predicted molar refractivity (Wildman–Crippen MR) is 176 cm³/mol. The molecule has 3 saturated heterocycles. The van der Waals surface area contributed by atoms with E-state index in [9.17, 15) is 14.7 Å². The van der Waals surface area contributed by atoms with Crippen molar-refractivity contribution in [2.24, 2.45) is 10.8 Å². The Bertz CT molecular complexity index is 1120. The highest BCUT2D eigenvalue weighted by atomic mass is 16.7. The lowest BCUT2D eigenvalue weighted by atomic mass is 9.62. The predicted octanol–water partition coefficient (Wildman–Crippen LogP) is 5.09. The van der Waals surface area contributed by atoms with E-state index in [0.717, 1.165) is 32.1 Å². The maximum Gasteiger partial charge on any atom is 0.319 e. The lowest BCUT2D eigenvalue weighted by molar-refractivity contribution is -0.294. The van der Waals surface area contributed by atoms with Crippen LogP contribution in [0.15, 0.2) is 0 Å². The van der Waals surface area contributed by atoms with E-state index in [4.69, 9.17) is 9.68 Å². The van der Waals surface area contributed by atoms with Crippen molar-refractivity contribution in [3.8, 4) is 0 Å². The van der Waals surface area contributed by atoms with Crippen molar-refractivity contribution in [2.75, 3.05) is 34.4 Å². The fourth-order valence-corrected chi connectivity index (χ4v) is 11.2. The molecule has 3 aliphatic heterocycles. The Morgan fingerprint density at radius 3 is 1.78 bits per heavy atom. The third-order valence-corrected chi connectivity index (χ3v) is 10.9. The topological polar surface area (TPSA) is 110 Å². The van der Waals surface area contributed by atoms with Gasteiger partial charge in [-0.05, 0) is 98.3 Å². The van der Waals surface area contributed by atoms with Crippen LogP contribution in [0.25, 0.3) is 0 Å². The maximum absolute atomic E-state index is 13.8. The van der Waals surface area contributed by atoms with Gasteiger partial charge in [0.1, 0.15) is 5.72 Å². The smallest absolute Gasteiger partial charge is 0.319 e. The van der Waals surface area contributed by atoms with E-state index < -0.39 is 16.8 Å². The fraction of sp³-hybridized carbons (Fsp3) is 0.941. The average molecular weight is 637 g/mol. The molecule has 1 aliphatic carbocycles. The molecule has 45 heavy (non-hydrogen) atoms. The largest absolute Gasteiger partial charge is 0.371 e. The zero-order valence-electron chi connectivity index (χ0n) is 30.8. The van der Waals surface area contributed by atoms with Crippen molar-refractivity contribution in [3.63, 3.8) is 0 Å². The van der Waals surface area contributed by atoms with Gasteiger partial charge in [0.2, 0.25) is 0 Å². The van der Waals surface area contributed by atoms with E-state index in [1.165, 1.54) is 0 Å². The Morgan fingerprint density at radius 2 is 1.31 bits per heavy atom. The summed E-state index contributed by atoms with van der Waals surface area (Å²) in [7, 11) is 5.22. The molecule has 11 heteroatoms. The number of hydrogen-bond acceptors (Lipinski definition) is 7. The molecule has 0 aromatic heterocycles. The number of rotatable bonds is 6. The van der Waals surface area contributed by atoms with E-state index >= 15 is 0 Å². The van der Waals surface area contributed by atoms with Gasteiger partial charge in [-0.3, -0.25) is 0 Å². The Kier molecular flexibility index (Phi) is 9.01. The summed E-state index contributed by atoms with van der Waals surface area (Å²) >= 11 is 0.